The van der Waals surface area contributed by atoms with E-state index in [1.165, 1.54) is 0 Å². The standard InChI is InChI=1S/C13H19F3N2O3/c14-13(15,16)8-18-6-9(5-10(18)19)11(20)17-7-12(21)3-1-2-4-12/h9,21H,1-8H2,(H,17,20). The average molecular weight is 308 g/mol. The van der Waals surface area contributed by atoms with Crippen molar-refractivity contribution in [1.82, 2.24) is 10.2 Å². The maximum Gasteiger partial charge on any atom is 0.406 e. The minimum Gasteiger partial charge on any atom is -0.388 e. The van der Waals surface area contributed by atoms with Gasteiger partial charge in [0, 0.05) is 19.5 Å². The molecule has 0 bridgehead atoms. The normalized spacial score (nSPS) is 25.4. The van der Waals surface area contributed by atoms with E-state index in [9.17, 15) is 27.9 Å². The summed E-state index contributed by atoms with van der Waals surface area (Å²) in [6.45, 7) is -1.45. The lowest BCUT2D eigenvalue weighted by Crippen LogP contribution is -2.43. The Morgan fingerprint density at radius 2 is 2.00 bits per heavy atom. The van der Waals surface area contributed by atoms with Gasteiger partial charge in [-0.1, -0.05) is 12.8 Å². The van der Waals surface area contributed by atoms with E-state index < -0.39 is 36.1 Å². The van der Waals surface area contributed by atoms with E-state index in [1.54, 1.807) is 0 Å². The molecule has 1 saturated heterocycles. The van der Waals surface area contributed by atoms with Crippen molar-refractivity contribution < 1.29 is 27.9 Å². The van der Waals surface area contributed by atoms with Crippen molar-refractivity contribution in [2.75, 3.05) is 19.6 Å². The molecule has 8 heteroatoms. The van der Waals surface area contributed by atoms with E-state index in [2.05, 4.69) is 5.32 Å². The molecule has 2 fully saturated rings. The fraction of sp³-hybridized carbons (Fsp3) is 0.846. The van der Waals surface area contributed by atoms with Gasteiger partial charge in [-0.3, -0.25) is 9.59 Å². The molecule has 2 N–H and O–H groups in total. The first-order valence-corrected chi connectivity index (χ1v) is 7.03. The van der Waals surface area contributed by atoms with Gasteiger partial charge in [-0.15, -0.1) is 0 Å². The van der Waals surface area contributed by atoms with Crippen LogP contribution in [0.1, 0.15) is 32.1 Å². The van der Waals surface area contributed by atoms with Crippen molar-refractivity contribution in [2.45, 2.75) is 43.9 Å². The zero-order chi connectivity index (χ0) is 15.7. The average Bonchev–Trinajstić information content (AvgIpc) is 2.93. The van der Waals surface area contributed by atoms with Crippen LogP contribution in [0.15, 0.2) is 0 Å². The van der Waals surface area contributed by atoms with Crippen LogP contribution in [0.4, 0.5) is 13.2 Å². The van der Waals surface area contributed by atoms with Gasteiger partial charge in [-0.2, -0.15) is 13.2 Å². The van der Waals surface area contributed by atoms with Crippen LogP contribution < -0.4 is 5.32 Å². The number of halogens is 3. The molecule has 1 aliphatic heterocycles. The molecule has 0 spiro atoms. The van der Waals surface area contributed by atoms with Crippen LogP contribution in [0.2, 0.25) is 0 Å². The summed E-state index contributed by atoms with van der Waals surface area (Å²) < 4.78 is 36.9. The lowest BCUT2D eigenvalue weighted by atomic mass is 10.0. The molecular formula is C13H19F3N2O3. The SMILES string of the molecule is O=C(NCC1(O)CCCC1)C1CC(=O)N(CC(F)(F)F)C1. The van der Waals surface area contributed by atoms with Crippen LogP contribution in [0.5, 0.6) is 0 Å². The molecule has 1 aliphatic carbocycles. The van der Waals surface area contributed by atoms with Gasteiger partial charge in [0.1, 0.15) is 6.54 Å². The Balaban J connectivity index is 1.82. The highest BCUT2D eigenvalue weighted by molar-refractivity contribution is 5.89. The summed E-state index contributed by atoms with van der Waals surface area (Å²) >= 11 is 0. The van der Waals surface area contributed by atoms with Crippen LogP contribution in [0, 0.1) is 5.92 Å². The minimum absolute atomic E-state index is 0.0931. The van der Waals surface area contributed by atoms with Crippen molar-refractivity contribution in [3.63, 3.8) is 0 Å². The third kappa shape index (κ3) is 4.33. The van der Waals surface area contributed by atoms with E-state index in [-0.39, 0.29) is 19.5 Å². The molecular weight excluding hydrogens is 289 g/mol. The number of alkyl halides is 3. The monoisotopic (exact) mass is 308 g/mol. The van der Waals surface area contributed by atoms with Crippen LogP contribution in [0.3, 0.4) is 0 Å². The Bertz CT molecular complexity index is 419. The third-order valence-corrected chi connectivity index (χ3v) is 4.08. The summed E-state index contributed by atoms with van der Waals surface area (Å²) in [6, 6.07) is 0. The summed E-state index contributed by atoms with van der Waals surface area (Å²) in [5, 5.41) is 12.7. The van der Waals surface area contributed by atoms with Gasteiger partial charge in [-0.25, -0.2) is 0 Å². The number of likely N-dealkylation sites (tertiary alicyclic amines) is 1. The van der Waals surface area contributed by atoms with Crippen molar-refractivity contribution in [3.8, 4) is 0 Å². The van der Waals surface area contributed by atoms with E-state index in [1.807, 2.05) is 0 Å². The Hall–Kier alpha value is -1.31. The van der Waals surface area contributed by atoms with Crippen LogP contribution in [-0.4, -0.2) is 53.2 Å². The number of hydrogen-bond donors (Lipinski definition) is 2. The van der Waals surface area contributed by atoms with Gasteiger partial charge in [0.2, 0.25) is 11.8 Å². The Morgan fingerprint density at radius 3 is 2.57 bits per heavy atom. The molecule has 2 amide bonds. The van der Waals surface area contributed by atoms with E-state index in [0.717, 1.165) is 12.8 Å². The molecule has 0 aromatic heterocycles. The van der Waals surface area contributed by atoms with Crippen molar-refractivity contribution in [2.24, 2.45) is 5.92 Å². The number of nitrogens with zero attached hydrogens (tertiary/aromatic N) is 1. The van der Waals surface area contributed by atoms with Gasteiger partial charge >= 0.3 is 6.18 Å². The van der Waals surface area contributed by atoms with Gasteiger partial charge in [0.05, 0.1) is 11.5 Å². The Labute approximate surface area is 120 Å². The van der Waals surface area contributed by atoms with Crippen molar-refractivity contribution in [3.05, 3.63) is 0 Å². The van der Waals surface area contributed by atoms with E-state index >= 15 is 0 Å². The highest BCUT2D eigenvalue weighted by atomic mass is 19.4. The first-order valence-electron chi connectivity index (χ1n) is 7.03. The molecule has 120 valence electrons. The number of rotatable bonds is 4. The number of carbonyl (C=O) groups is 2. The van der Waals surface area contributed by atoms with Crippen LogP contribution in [0.25, 0.3) is 0 Å². The van der Waals surface area contributed by atoms with E-state index in [0.29, 0.717) is 17.7 Å². The molecule has 1 saturated carbocycles. The van der Waals surface area contributed by atoms with Gasteiger partial charge < -0.3 is 15.3 Å². The van der Waals surface area contributed by atoms with Gasteiger partial charge in [-0.05, 0) is 12.8 Å². The molecule has 0 radical (unpaired) electrons. The zero-order valence-electron chi connectivity index (χ0n) is 11.6. The smallest absolute Gasteiger partial charge is 0.388 e. The number of hydrogen-bond acceptors (Lipinski definition) is 3. The molecule has 21 heavy (non-hydrogen) atoms. The first-order chi connectivity index (χ1) is 9.69. The molecule has 0 aromatic carbocycles. The molecule has 5 nitrogen and oxygen atoms in total. The maximum absolute atomic E-state index is 12.3. The highest BCUT2D eigenvalue weighted by Gasteiger charge is 2.41. The molecule has 0 aromatic rings. The maximum atomic E-state index is 12.3. The topological polar surface area (TPSA) is 69.6 Å². The molecule has 1 unspecified atom stereocenters. The summed E-state index contributed by atoms with van der Waals surface area (Å²) in [5.74, 6) is -1.90. The fourth-order valence-electron chi connectivity index (χ4n) is 2.92. The van der Waals surface area contributed by atoms with Crippen LogP contribution >= 0.6 is 0 Å². The number of nitrogens with one attached hydrogen (secondary N) is 1. The number of aliphatic hydroxyl groups is 1. The zero-order valence-corrected chi connectivity index (χ0v) is 11.6. The van der Waals surface area contributed by atoms with E-state index in [4.69, 9.17) is 0 Å². The predicted octanol–water partition coefficient (Wildman–Crippen LogP) is 0.818. The third-order valence-electron chi connectivity index (χ3n) is 4.08. The van der Waals surface area contributed by atoms with Gasteiger partial charge in [0.25, 0.3) is 0 Å². The Kier molecular flexibility index (Phi) is 4.46. The molecule has 2 rings (SSSR count). The molecule has 1 heterocycles. The predicted molar refractivity (Wildman–Crippen MR) is 67.2 cm³/mol. The number of amides is 2. The van der Waals surface area contributed by atoms with Crippen LogP contribution in [-0.2, 0) is 9.59 Å². The van der Waals surface area contributed by atoms with Crippen molar-refractivity contribution >= 4 is 11.8 Å². The highest BCUT2D eigenvalue weighted by Crippen LogP contribution is 2.29. The second-order valence-electron chi connectivity index (χ2n) is 5.94. The minimum atomic E-state index is -4.46. The van der Waals surface area contributed by atoms with Gasteiger partial charge in [0.15, 0.2) is 0 Å². The second kappa shape index (κ2) is 5.82. The Morgan fingerprint density at radius 1 is 1.38 bits per heavy atom. The molecule has 2 aliphatic rings. The largest absolute Gasteiger partial charge is 0.406 e. The number of carbonyl (C=O) groups excluding carboxylic acids is 2. The first kappa shape index (κ1) is 16.1. The summed E-state index contributed by atoms with van der Waals surface area (Å²) in [7, 11) is 0. The summed E-state index contributed by atoms with van der Waals surface area (Å²) in [4.78, 5) is 24.1. The van der Waals surface area contributed by atoms with Crippen molar-refractivity contribution in [1.29, 1.82) is 0 Å². The second-order valence-corrected chi connectivity index (χ2v) is 5.94. The summed E-state index contributed by atoms with van der Waals surface area (Å²) in [6.07, 6.45) is -1.66. The lowest BCUT2D eigenvalue weighted by Gasteiger charge is -2.23. The summed E-state index contributed by atoms with van der Waals surface area (Å²) in [5.41, 5.74) is -0.913. The fourth-order valence-corrected chi connectivity index (χ4v) is 2.92. The lowest BCUT2D eigenvalue weighted by molar-refractivity contribution is -0.157. The quantitative estimate of drug-likeness (QED) is 0.808. The molecule has 1 atom stereocenters.